The number of rotatable bonds is 7. The number of tetrazole rings is 1. The molecule has 10 heteroatoms. The van der Waals surface area contributed by atoms with Crippen molar-refractivity contribution < 1.29 is 4.79 Å². The summed E-state index contributed by atoms with van der Waals surface area (Å²) >= 11 is 16.3. The minimum atomic E-state index is -0.208. The van der Waals surface area contributed by atoms with E-state index in [1.807, 2.05) is 84.3 Å². The highest BCUT2D eigenvalue weighted by atomic mass is 79.9. The second-order valence-corrected chi connectivity index (χ2v) is 10.2. The van der Waals surface area contributed by atoms with Crippen molar-refractivity contribution in [3.8, 4) is 16.9 Å². The number of carbonyl (C=O) groups is 1. The summed E-state index contributed by atoms with van der Waals surface area (Å²) in [7, 11) is 0. The van der Waals surface area contributed by atoms with Gasteiger partial charge in [-0.2, -0.15) is 5.21 Å². The van der Waals surface area contributed by atoms with Crippen LogP contribution in [0.1, 0.15) is 33.0 Å². The van der Waals surface area contributed by atoms with Crippen molar-refractivity contribution in [2.24, 2.45) is 0 Å². The minimum absolute atomic E-state index is 0.208. The van der Waals surface area contributed by atoms with Crippen LogP contribution in [0.5, 0.6) is 0 Å². The van der Waals surface area contributed by atoms with Crippen molar-refractivity contribution in [3.63, 3.8) is 0 Å². The highest BCUT2D eigenvalue weighted by Gasteiger charge is 2.28. The van der Waals surface area contributed by atoms with Crippen LogP contribution >= 0.6 is 39.1 Å². The van der Waals surface area contributed by atoms with Gasteiger partial charge in [0.05, 0.1) is 22.0 Å². The first kappa shape index (κ1) is 25.2. The molecule has 0 saturated carbocycles. The lowest BCUT2D eigenvalue weighted by molar-refractivity contribution is 0.0949. The molecule has 0 spiro atoms. The number of nitrogens with one attached hydrogen (secondary N) is 2. The number of carbonyl (C=O) groups excluding carboxylic acids is 1. The van der Waals surface area contributed by atoms with Gasteiger partial charge in [-0.15, -0.1) is 10.2 Å². The first-order chi connectivity index (χ1) is 17.9. The lowest BCUT2D eigenvalue weighted by atomic mass is 10.00. The molecule has 5 aromatic rings. The molecule has 0 unspecified atom stereocenters. The number of hydrogen-bond donors (Lipinski definition) is 2. The van der Waals surface area contributed by atoms with Gasteiger partial charge in [-0.3, -0.25) is 4.79 Å². The van der Waals surface area contributed by atoms with E-state index in [2.05, 4.69) is 41.9 Å². The van der Waals surface area contributed by atoms with Crippen LogP contribution in [0.4, 0.5) is 0 Å². The van der Waals surface area contributed by atoms with Crippen LogP contribution in [-0.4, -0.2) is 31.1 Å². The maximum absolute atomic E-state index is 13.8. The van der Waals surface area contributed by atoms with E-state index in [1.165, 1.54) is 0 Å². The van der Waals surface area contributed by atoms with E-state index in [1.54, 1.807) is 0 Å². The van der Waals surface area contributed by atoms with Gasteiger partial charge < -0.3 is 9.88 Å². The molecular weight excluding hydrogens is 575 g/mol. The molecular formula is C27H21BrCl2N6O. The Kier molecular flexibility index (Phi) is 7.41. The summed E-state index contributed by atoms with van der Waals surface area (Å²) < 4.78 is 2.99. The Balaban J connectivity index is 1.69. The zero-order valence-electron chi connectivity index (χ0n) is 19.7. The second-order valence-electron chi connectivity index (χ2n) is 8.40. The van der Waals surface area contributed by atoms with Crippen LogP contribution in [0.3, 0.4) is 0 Å². The van der Waals surface area contributed by atoms with Crippen LogP contribution in [0.15, 0.2) is 77.3 Å². The Morgan fingerprint density at radius 1 is 1.03 bits per heavy atom. The molecule has 0 aliphatic rings. The molecule has 2 aromatic heterocycles. The molecule has 2 N–H and O–H groups in total. The quantitative estimate of drug-likeness (QED) is 0.223. The molecule has 5 rings (SSSR count). The highest BCUT2D eigenvalue weighted by Crippen LogP contribution is 2.38. The Hall–Kier alpha value is -3.46. The van der Waals surface area contributed by atoms with Gasteiger partial charge in [0.2, 0.25) is 0 Å². The number of hydrogen-bond acceptors (Lipinski definition) is 4. The fourth-order valence-electron chi connectivity index (χ4n) is 4.36. The van der Waals surface area contributed by atoms with Crippen molar-refractivity contribution in [3.05, 3.63) is 116 Å². The number of aromatic nitrogens is 5. The lowest BCUT2D eigenvalue weighted by Crippen LogP contribution is -2.24. The van der Waals surface area contributed by atoms with Gasteiger partial charge in [0.15, 0.2) is 5.82 Å². The molecule has 0 aliphatic carbocycles. The fraction of sp³-hybridized carbons (Fsp3) is 0.111. The van der Waals surface area contributed by atoms with Gasteiger partial charge >= 0.3 is 0 Å². The van der Waals surface area contributed by atoms with Gasteiger partial charge in [-0.1, -0.05) is 80.7 Å². The number of para-hydroxylation sites is 1. The van der Waals surface area contributed by atoms with Gasteiger partial charge in [0, 0.05) is 28.2 Å². The van der Waals surface area contributed by atoms with Crippen LogP contribution in [0.2, 0.25) is 10.0 Å². The first-order valence-electron chi connectivity index (χ1n) is 11.4. The molecule has 7 nitrogen and oxygen atoms in total. The zero-order chi connectivity index (χ0) is 25.9. The Bertz CT molecular complexity index is 1550. The third-order valence-electron chi connectivity index (χ3n) is 6.04. The van der Waals surface area contributed by atoms with E-state index in [4.69, 9.17) is 23.2 Å². The Labute approximate surface area is 231 Å². The maximum atomic E-state index is 13.8. The third-order valence-corrected chi connectivity index (χ3v) is 7.14. The number of H-pyrrole nitrogens is 1. The number of benzene rings is 3. The first-order valence-corrected chi connectivity index (χ1v) is 13.0. The van der Waals surface area contributed by atoms with Crippen LogP contribution in [0.25, 0.3) is 16.9 Å². The van der Waals surface area contributed by atoms with Gasteiger partial charge in [-0.05, 0) is 60.0 Å². The third kappa shape index (κ3) is 5.32. The van der Waals surface area contributed by atoms with Crippen LogP contribution < -0.4 is 5.32 Å². The predicted octanol–water partition coefficient (Wildman–Crippen LogP) is 6.56. The minimum Gasteiger partial charge on any atom is -0.348 e. The van der Waals surface area contributed by atoms with E-state index in [-0.39, 0.29) is 12.3 Å². The smallest absolute Gasteiger partial charge is 0.253 e. The summed E-state index contributed by atoms with van der Waals surface area (Å²) in [4.78, 5) is 13.8. The molecule has 0 atom stereocenters. The van der Waals surface area contributed by atoms with Crippen molar-refractivity contribution in [1.82, 2.24) is 30.5 Å². The predicted molar refractivity (Wildman–Crippen MR) is 148 cm³/mol. The lowest BCUT2D eigenvalue weighted by Gasteiger charge is -2.15. The van der Waals surface area contributed by atoms with Gasteiger partial charge in [0.25, 0.3) is 5.91 Å². The fourth-order valence-corrected chi connectivity index (χ4v) is 4.97. The molecule has 0 fully saturated rings. The van der Waals surface area contributed by atoms with E-state index in [9.17, 15) is 4.79 Å². The topological polar surface area (TPSA) is 88.5 Å². The van der Waals surface area contributed by atoms with Crippen molar-refractivity contribution >= 4 is 45.0 Å². The van der Waals surface area contributed by atoms with Crippen LogP contribution in [0, 0.1) is 6.92 Å². The molecule has 0 radical (unpaired) electrons. The normalized spacial score (nSPS) is 11.0. The van der Waals surface area contributed by atoms with Crippen molar-refractivity contribution in [2.45, 2.75) is 19.9 Å². The molecule has 186 valence electrons. The van der Waals surface area contributed by atoms with Gasteiger partial charge in [0.1, 0.15) is 0 Å². The monoisotopic (exact) mass is 594 g/mol. The SMILES string of the molecule is Cc1c(C(=O)NCc2ccc(Br)cc2)c(Cc2nn[nH]n2)c(-c2ccc(Cl)cc2)n1-c1ccccc1Cl. The largest absolute Gasteiger partial charge is 0.348 e. The molecule has 0 bridgehead atoms. The van der Waals surface area contributed by atoms with Gasteiger partial charge in [-0.25, -0.2) is 0 Å². The molecule has 3 aromatic carbocycles. The molecule has 37 heavy (non-hydrogen) atoms. The zero-order valence-corrected chi connectivity index (χ0v) is 22.8. The van der Waals surface area contributed by atoms with E-state index in [0.29, 0.717) is 28.0 Å². The number of halogens is 3. The standard InChI is InChI=1S/C27H21BrCl2N6O/c1-16-25(27(37)31-15-17-6-10-19(28)11-7-17)21(14-24-32-34-35-33-24)26(18-8-12-20(29)13-9-18)36(16)23-5-3-2-4-22(23)30/h2-13H,14-15H2,1H3,(H,31,37)(H,32,33,34,35). The summed E-state index contributed by atoms with van der Waals surface area (Å²) in [5, 5.41) is 18.8. The summed E-state index contributed by atoms with van der Waals surface area (Å²) in [6.45, 7) is 2.29. The van der Waals surface area contributed by atoms with Crippen molar-refractivity contribution in [2.75, 3.05) is 0 Å². The molecule has 2 heterocycles. The van der Waals surface area contributed by atoms with E-state index < -0.39 is 0 Å². The summed E-state index contributed by atoms with van der Waals surface area (Å²) in [6, 6.07) is 22.9. The molecule has 1 amide bonds. The Morgan fingerprint density at radius 2 is 1.76 bits per heavy atom. The summed E-state index contributed by atoms with van der Waals surface area (Å²) in [5.74, 6) is 0.258. The molecule has 0 aliphatic heterocycles. The number of amides is 1. The van der Waals surface area contributed by atoms with E-state index in [0.717, 1.165) is 38.2 Å². The van der Waals surface area contributed by atoms with Crippen molar-refractivity contribution in [1.29, 1.82) is 0 Å². The average molecular weight is 596 g/mol. The number of aromatic amines is 1. The molecule has 0 saturated heterocycles. The average Bonchev–Trinajstić information content (AvgIpc) is 3.50. The van der Waals surface area contributed by atoms with E-state index >= 15 is 0 Å². The Morgan fingerprint density at radius 3 is 2.43 bits per heavy atom. The maximum Gasteiger partial charge on any atom is 0.253 e. The van der Waals surface area contributed by atoms with Crippen LogP contribution in [-0.2, 0) is 13.0 Å². The second kappa shape index (κ2) is 10.9. The number of nitrogens with zero attached hydrogens (tertiary/aromatic N) is 4. The highest BCUT2D eigenvalue weighted by molar-refractivity contribution is 9.10. The summed E-state index contributed by atoms with van der Waals surface area (Å²) in [6.07, 6.45) is 0.286. The summed E-state index contributed by atoms with van der Waals surface area (Å²) in [5.41, 5.74) is 5.45.